The Bertz CT molecular complexity index is 890. The van der Waals surface area contributed by atoms with Crippen molar-refractivity contribution in [1.82, 2.24) is 0 Å². The second-order valence-electron chi connectivity index (χ2n) is 6.91. The molecule has 1 N–H and O–H groups in total. The fourth-order valence-electron chi connectivity index (χ4n) is 2.54. The second-order valence-corrected chi connectivity index (χ2v) is 6.91. The van der Waals surface area contributed by atoms with Gasteiger partial charge in [0.05, 0.1) is 12.0 Å². The van der Waals surface area contributed by atoms with Crippen molar-refractivity contribution < 1.29 is 23.6 Å². The van der Waals surface area contributed by atoms with Crippen LogP contribution in [-0.2, 0) is 4.74 Å². The monoisotopic (exact) mass is 376 g/mol. The summed E-state index contributed by atoms with van der Waals surface area (Å²) in [5.74, 6) is -0.116. The third kappa shape index (κ3) is 4.93. The lowest BCUT2D eigenvalue weighted by molar-refractivity contribution is -0.383. The number of benzene rings is 2. The van der Waals surface area contributed by atoms with Gasteiger partial charge in [-0.3, -0.25) is 15.4 Å². The summed E-state index contributed by atoms with van der Waals surface area (Å²) in [6.45, 7) is 6.74. The van der Waals surface area contributed by atoms with Gasteiger partial charge in [-0.2, -0.15) is 0 Å². The highest BCUT2D eigenvalue weighted by Gasteiger charge is 2.24. The average molecular weight is 376 g/mol. The summed E-state index contributed by atoms with van der Waals surface area (Å²) in [7, 11) is 1.40. The molecule has 8 heteroatoms. The molecule has 0 aliphatic heterocycles. The van der Waals surface area contributed by atoms with Crippen LogP contribution in [0.5, 0.6) is 5.75 Å². The predicted molar refractivity (Wildman–Crippen MR) is 99.6 cm³/mol. The fourth-order valence-corrected chi connectivity index (χ4v) is 2.54. The summed E-state index contributed by atoms with van der Waals surface area (Å²) in [6, 6.07) is 6.74. The van der Waals surface area contributed by atoms with E-state index < -0.39 is 22.4 Å². The standard InChI is InChI=1S/C19H21FN2O5/c1-11-8-12(20)6-7-13(11)14-9-16(22(24)25)15(10-17(14)26-5)21-18(23)27-19(2,3)4/h6-10H,1-5H3,(H,21,23). The minimum absolute atomic E-state index is 0.0605. The van der Waals surface area contributed by atoms with Crippen LogP contribution < -0.4 is 10.1 Å². The Balaban J connectivity index is 2.55. The molecule has 0 saturated heterocycles. The zero-order chi connectivity index (χ0) is 20.4. The highest BCUT2D eigenvalue weighted by atomic mass is 19.1. The first kappa shape index (κ1) is 20.2. The van der Waals surface area contributed by atoms with Gasteiger partial charge < -0.3 is 9.47 Å². The topological polar surface area (TPSA) is 90.7 Å². The van der Waals surface area contributed by atoms with Gasteiger partial charge in [0.1, 0.15) is 22.9 Å². The minimum atomic E-state index is -0.821. The van der Waals surface area contributed by atoms with Crippen molar-refractivity contribution in [3.05, 3.63) is 51.8 Å². The van der Waals surface area contributed by atoms with Crippen LogP contribution in [0.1, 0.15) is 26.3 Å². The van der Waals surface area contributed by atoms with Gasteiger partial charge in [0, 0.05) is 17.7 Å². The van der Waals surface area contributed by atoms with E-state index in [1.165, 1.54) is 37.4 Å². The first-order valence-electron chi connectivity index (χ1n) is 8.15. The maximum atomic E-state index is 13.4. The van der Waals surface area contributed by atoms with Crippen LogP contribution in [0.25, 0.3) is 11.1 Å². The van der Waals surface area contributed by atoms with Gasteiger partial charge in [0.25, 0.3) is 5.69 Å². The van der Waals surface area contributed by atoms with Crippen molar-refractivity contribution in [3.63, 3.8) is 0 Å². The number of nitro benzene ring substituents is 1. The minimum Gasteiger partial charge on any atom is -0.496 e. The van der Waals surface area contributed by atoms with E-state index >= 15 is 0 Å². The molecule has 0 aliphatic rings. The van der Waals surface area contributed by atoms with Crippen molar-refractivity contribution in [1.29, 1.82) is 0 Å². The van der Waals surface area contributed by atoms with Crippen LogP contribution in [0.3, 0.4) is 0 Å². The van der Waals surface area contributed by atoms with Crippen molar-refractivity contribution in [3.8, 4) is 16.9 Å². The first-order valence-corrected chi connectivity index (χ1v) is 8.15. The molecular formula is C19H21FN2O5. The molecule has 0 heterocycles. The van der Waals surface area contributed by atoms with E-state index in [1.807, 2.05) is 0 Å². The maximum Gasteiger partial charge on any atom is 0.412 e. The number of hydrogen-bond acceptors (Lipinski definition) is 5. The average Bonchev–Trinajstić information content (AvgIpc) is 2.52. The van der Waals surface area contributed by atoms with Crippen molar-refractivity contribution in [2.75, 3.05) is 12.4 Å². The molecule has 27 heavy (non-hydrogen) atoms. The Hall–Kier alpha value is -3.16. The van der Waals surface area contributed by atoms with Crippen molar-refractivity contribution in [2.24, 2.45) is 0 Å². The van der Waals surface area contributed by atoms with Crippen molar-refractivity contribution >= 4 is 17.5 Å². The van der Waals surface area contributed by atoms with Gasteiger partial charge in [-0.15, -0.1) is 0 Å². The van der Waals surface area contributed by atoms with E-state index in [0.29, 0.717) is 22.4 Å². The fraction of sp³-hybridized carbons (Fsp3) is 0.316. The van der Waals surface area contributed by atoms with Crippen LogP contribution in [0.2, 0.25) is 0 Å². The zero-order valence-corrected chi connectivity index (χ0v) is 15.8. The van der Waals surface area contributed by atoms with Gasteiger partial charge >= 0.3 is 6.09 Å². The number of carbonyl (C=O) groups is 1. The molecule has 2 rings (SSSR count). The molecule has 1 amide bonds. The van der Waals surface area contributed by atoms with Gasteiger partial charge in [-0.05, 0) is 51.0 Å². The Kier molecular flexibility index (Phi) is 5.68. The smallest absolute Gasteiger partial charge is 0.412 e. The van der Waals surface area contributed by atoms with Gasteiger partial charge in [0.15, 0.2) is 0 Å². The van der Waals surface area contributed by atoms with Gasteiger partial charge in [-0.1, -0.05) is 6.07 Å². The quantitative estimate of drug-likeness (QED) is 0.594. The highest BCUT2D eigenvalue weighted by molar-refractivity contribution is 5.91. The molecule has 0 aliphatic carbocycles. The SMILES string of the molecule is COc1cc(NC(=O)OC(C)(C)C)c([N+](=O)[O-])cc1-c1ccc(F)cc1C. The maximum absolute atomic E-state index is 13.4. The molecule has 0 atom stereocenters. The number of halogens is 1. The number of carbonyl (C=O) groups excluding carboxylic acids is 1. The third-order valence-electron chi connectivity index (χ3n) is 3.63. The van der Waals surface area contributed by atoms with Gasteiger partial charge in [-0.25, -0.2) is 9.18 Å². The summed E-state index contributed by atoms with van der Waals surface area (Å²) >= 11 is 0. The van der Waals surface area contributed by atoms with Crippen LogP contribution in [-0.4, -0.2) is 23.7 Å². The van der Waals surface area contributed by atoms with E-state index in [9.17, 15) is 19.3 Å². The van der Waals surface area contributed by atoms with Crippen LogP contribution in [0, 0.1) is 22.9 Å². The lowest BCUT2D eigenvalue weighted by atomic mass is 9.98. The van der Waals surface area contributed by atoms with E-state index in [-0.39, 0.29) is 11.4 Å². The molecule has 0 bridgehead atoms. The lowest BCUT2D eigenvalue weighted by Gasteiger charge is -2.20. The number of ether oxygens (including phenoxy) is 2. The summed E-state index contributed by atoms with van der Waals surface area (Å²) in [5.41, 5.74) is 0.441. The van der Waals surface area contributed by atoms with Gasteiger partial charge in [0.2, 0.25) is 0 Å². The number of rotatable bonds is 4. The molecule has 0 unspecified atom stereocenters. The van der Waals surface area contributed by atoms with E-state index in [2.05, 4.69) is 5.32 Å². The molecule has 2 aromatic rings. The predicted octanol–water partition coefficient (Wildman–Crippen LogP) is 5.06. The number of nitrogens with zero attached hydrogens (tertiary/aromatic N) is 1. The van der Waals surface area contributed by atoms with E-state index in [4.69, 9.17) is 9.47 Å². The molecule has 144 valence electrons. The molecule has 0 fully saturated rings. The number of nitro groups is 1. The van der Waals surface area contributed by atoms with Crippen molar-refractivity contribution in [2.45, 2.75) is 33.3 Å². The first-order chi connectivity index (χ1) is 12.5. The molecule has 0 spiro atoms. The summed E-state index contributed by atoms with van der Waals surface area (Å²) in [4.78, 5) is 22.9. The van der Waals surface area contributed by atoms with E-state index in [0.717, 1.165) is 0 Å². The lowest BCUT2D eigenvalue weighted by Crippen LogP contribution is -2.27. The molecule has 7 nitrogen and oxygen atoms in total. The number of aryl methyl sites for hydroxylation is 1. The third-order valence-corrected chi connectivity index (χ3v) is 3.63. The molecule has 0 saturated carbocycles. The summed E-state index contributed by atoms with van der Waals surface area (Å²) in [5, 5.41) is 13.9. The number of methoxy groups -OCH3 is 1. The Morgan fingerprint density at radius 2 is 1.85 bits per heavy atom. The largest absolute Gasteiger partial charge is 0.496 e. The molecule has 0 radical (unpaired) electrons. The molecule has 2 aromatic carbocycles. The van der Waals surface area contributed by atoms with Crippen LogP contribution in [0.15, 0.2) is 30.3 Å². The molecule has 0 aromatic heterocycles. The Morgan fingerprint density at radius 3 is 2.37 bits per heavy atom. The summed E-state index contributed by atoms with van der Waals surface area (Å²) in [6.07, 6.45) is -0.821. The van der Waals surface area contributed by atoms with Crippen LogP contribution in [0.4, 0.5) is 20.6 Å². The second kappa shape index (κ2) is 7.61. The molecular weight excluding hydrogens is 355 g/mol. The normalized spacial score (nSPS) is 11.0. The van der Waals surface area contributed by atoms with E-state index in [1.54, 1.807) is 27.7 Å². The number of amides is 1. The Morgan fingerprint density at radius 1 is 1.19 bits per heavy atom. The number of hydrogen-bond donors (Lipinski definition) is 1. The van der Waals surface area contributed by atoms with Crippen LogP contribution >= 0.6 is 0 Å². The number of anilines is 1. The Labute approximate surface area is 156 Å². The highest BCUT2D eigenvalue weighted by Crippen LogP contribution is 2.40. The number of nitrogens with one attached hydrogen (secondary N) is 1. The summed E-state index contributed by atoms with van der Waals surface area (Å²) < 4.78 is 23.9. The zero-order valence-electron chi connectivity index (χ0n) is 15.8.